The summed E-state index contributed by atoms with van der Waals surface area (Å²) in [7, 11) is 0. The fourth-order valence-electron chi connectivity index (χ4n) is 1.09. The Kier molecular flexibility index (Phi) is 4.61. The zero-order chi connectivity index (χ0) is 12.2. The van der Waals surface area contributed by atoms with Crippen LogP contribution in [0.2, 0.25) is 0 Å². The Morgan fingerprint density at radius 2 is 2.00 bits per heavy atom. The maximum absolute atomic E-state index is 11.8. The lowest BCUT2D eigenvalue weighted by Crippen LogP contribution is -2.11. The van der Waals surface area contributed by atoms with E-state index in [0.717, 1.165) is 4.47 Å². The van der Waals surface area contributed by atoms with Crippen LogP contribution in [0.1, 0.15) is 12.0 Å². The van der Waals surface area contributed by atoms with Gasteiger partial charge in [0.2, 0.25) is 0 Å². The van der Waals surface area contributed by atoms with Crippen molar-refractivity contribution in [3.63, 3.8) is 0 Å². The van der Waals surface area contributed by atoms with Gasteiger partial charge in [-0.1, -0.05) is 22.0 Å². The zero-order valence-electron chi connectivity index (χ0n) is 8.35. The first-order valence-corrected chi connectivity index (χ1v) is 5.37. The van der Waals surface area contributed by atoms with Gasteiger partial charge in [-0.05, 0) is 12.1 Å². The molecule has 0 aliphatic carbocycles. The van der Waals surface area contributed by atoms with Gasteiger partial charge in [0, 0.05) is 15.7 Å². The molecule has 0 spiro atoms. The molecule has 0 atom stereocenters. The van der Waals surface area contributed by atoms with Crippen LogP contribution < -0.4 is 5.73 Å². The number of hydrogen-bond acceptors (Lipinski definition) is 2. The van der Waals surface area contributed by atoms with E-state index in [9.17, 15) is 13.2 Å². The Hall–Kier alpha value is -0.750. The average molecular weight is 298 g/mol. The highest BCUT2D eigenvalue weighted by Gasteiger charge is 2.26. The van der Waals surface area contributed by atoms with Crippen molar-refractivity contribution >= 4 is 21.6 Å². The largest absolute Gasteiger partial charge is 0.398 e. The third-order valence-electron chi connectivity index (χ3n) is 1.93. The number of hydrogen-bond donors (Lipinski definition) is 1. The van der Waals surface area contributed by atoms with Crippen molar-refractivity contribution in [3.8, 4) is 0 Å². The van der Waals surface area contributed by atoms with Crippen molar-refractivity contribution in [1.29, 1.82) is 0 Å². The van der Waals surface area contributed by atoms with Crippen molar-refractivity contribution < 1.29 is 17.9 Å². The molecule has 1 rings (SSSR count). The van der Waals surface area contributed by atoms with Crippen LogP contribution in [0.5, 0.6) is 0 Å². The molecule has 0 aromatic heterocycles. The molecule has 0 aliphatic heterocycles. The molecule has 0 unspecified atom stereocenters. The molecule has 0 aliphatic rings. The third kappa shape index (κ3) is 4.40. The van der Waals surface area contributed by atoms with E-state index in [1.165, 1.54) is 0 Å². The van der Waals surface area contributed by atoms with Crippen molar-refractivity contribution in [1.82, 2.24) is 0 Å². The summed E-state index contributed by atoms with van der Waals surface area (Å²) < 4.78 is 41.1. The SMILES string of the molecule is Nc1cccc(Br)c1COCCC(F)(F)F. The van der Waals surface area contributed by atoms with Crippen LogP contribution in [0, 0.1) is 0 Å². The van der Waals surface area contributed by atoms with Crippen LogP contribution in [0.4, 0.5) is 18.9 Å². The van der Waals surface area contributed by atoms with Gasteiger partial charge in [0.15, 0.2) is 0 Å². The number of anilines is 1. The highest BCUT2D eigenvalue weighted by atomic mass is 79.9. The van der Waals surface area contributed by atoms with Gasteiger partial charge in [-0.3, -0.25) is 0 Å². The second-order valence-corrected chi connectivity index (χ2v) is 4.08. The Morgan fingerprint density at radius 1 is 1.31 bits per heavy atom. The standard InChI is InChI=1S/C10H11BrF3NO/c11-8-2-1-3-9(15)7(8)6-16-5-4-10(12,13)14/h1-3H,4-6,15H2. The van der Waals surface area contributed by atoms with Gasteiger partial charge in [0.25, 0.3) is 0 Å². The van der Waals surface area contributed by atoms with Crippen LogP contribution >= 0.6 is 15.9 Å². The first kappa shape index (κ1) is 13.3. The Labute approximate surface area is 99.7 Å². The molecule has 0 radical (unpaired) electrons. The van der Waals surface area contributed by atoms with Crippen molar-refractivity contribution in [2.24, 2.45) is 0 Å². The fourth-order valence-corrected chi connectivity index (χ4v) is 1.59. The monoisotopic (exact) mass is 297 g/mol. The molecule has 0 amide bonds. The Balaban J connectivity index is 2.43. The highest BCUT2D eigenvalue weighted by molar-refractivity contribution is 9.10. The van der Waals surface area contributed by atoms with E-state index in [0.29, 0.717) is 11.3 Å². The van der Waals surface area contributed by atoms with E-state index in [-0.39, 0.29) is 13.2 Å². The number of benzene rings is 1. The summed E-state index contributed by atoms with van der Waals surface area (Å²) in [5, 5.41) is 0. The van der Waals surface area contributed by atoms with Gasteiger partial charge in [-0.15, -0.1) is 0 Å². The molecule has 0 fully saturated rings. The zero-order valence-corrected chi connectivity index (χ0v) is 9.94. The van der Waals surface area contributed by atoms with Gasteiger partial charge in [0.1, 0.15) is 0 Å². The molecule has 90 valence electrons. The summed E-state index contributed by atoms with van der Waals surface area (Å²) in [4.78, 5) is 0. The normalized spacial score (nSPS) is 11.8. The summed E-state index contributed by atoms with van der Waals surface area (Å²) in [6.07, 6.45) is -5.13. The molecule has 0 saturated heterocycles. The lowest BCUT2D eigenvalue weighted by atomic mass is 10.2. The Morgan fingerprint density at radius 3 is 2.56 bits per heavy atom. The molecule has 16 heavy (non-hydrogen) atoms. The topological polar surface area (TPSA) is 35.2 Å². The number of alkyl halides is 3. The second kappa shape index (κ2) is 5.54. The minimum Gasteiger partial charge on any atom is -0.398 e. The minimum atomic E-state index is -4.18. The minimum absolute atomic E-state index is 0.0728. The maximum Gasteiger partial charge on any atom is 0.391 e. The Bertz CT molecular complexity index is 334. The quantitative estimate of drug-likeness (QED) is 0.682. The second-order valence-electron chi connectivity index (χ2n) is 3.23. The summed E-state index contributed by atoms with van der Waals surface area (Å²) in [6, 6.07) is 5.19. The van der Waals surface area contributed by atoms with Crippen molar-refractivity contribution in [3.05, 3.63) is 28.2 Å². The first-order valence-electron chi connectivity index (χ1n) is 4.57. The van der Waals surface area contributed by atoms with Crippen LogP contribution in [0.3, 0.4) is 0 Å². The predicted octanol–water partition coefficient (Wildman–Crippen LogP) is 3.50. The maximum atomic E-state index is 11.8. The summed E-state index contributed by atoms with van der Waals surface area (Å²) in [6.45, 7) is -0.284. The molecular weight excluding hydrogens is 287 g/mol. The molecule has 0 heterocycles. The highest BCUT2D eigenvalue weighted by Crippen LogP contribution is 2.24. The van der Waals surface area contributed by atoms with Crippen LogP contribution in [0.25, 0.3) is 0 Å². The number of nitrogen functional groups attached to an aromatic ring is 1. The third-order valence-corrected chi connectivity index (χ3v) is 2.67. The average Bonchev–Trinajstić information content (AvgIpc) is 2.14. The number of ether oxygens (including phenoxy) is 1. The van der Waals surface area contributed by atoms with Gasteiger partial charge >= 0.3 is 6.18 Å². The van der Waals surface area contributed by atoms with Crippen LogP contribution in [-0.4, -0.2) is 12.8 Å². The molecular formula is C10H11BrF3NO. The summed E-state index contributed by atoms with van der Waals surface area (Å²) >= 11 is 3.26. The van der Waals surface area contributed by atoms with E-state index < -0.39 is 12.6 Å². The van der Waals surface area contributed by atoms with Crippen LogP contribution in [-0.2, 0) is 11.3 Å². The van der Waals surface area contributed by atoms with Gasteiger partial charge in [-0.2, -0.15) is 13.2 Å². The molecule has 0 saturated carbocycles. The van der Waals surface area contributed by atoms with Gasteiger partial charge in [-0.25, -0.2) is 0 Å². The van der Waals surface area contributed by atoms with E-state index in [1.807, 2.05) is 0 Å². The lowest BCUT2D eigenvalue weighted by Gasteiger charge is -2.10. The van der Waals surface area contributed by atoms with E-state index in [4.69, 9.17) is 10.5 Å². The van der Waals surface area contributed by atoms with Crippen LogP contribution in [0.15, 0.2) is 22.7 Å². The van der Waals surface area contributed by atoms with Gasteiger partial charge in [0.05, 0.1) is 19.6 Å². The van der Waals surface area contributed by atoms with Crippen molar-refractivity contribution in [2.75, 3.05) is 12.3 Å². The number of halogens is 4. The molecule has 2 N–H and O–H groups in total. The van der Waals surface area contributed by atoms with E-state index >= 15 is 0 Å². The molecule has 6 heteroatoms. The fraction of sp³-hybridized carbons (Fsp3) is 0.400. The molecule has 1 aromatic rings. The predicted molar refractivity (Wildman–Crippen MR) is 58.9 cm³/mol. The number of nitrogens with two attached hydrogens (primary N) is 1. The van der Waals surface area contributed by atoms with Gasteiger partial charge < -0.3 is 10.5 Å². The first-order chi connectivity index (χ1) is 7.40. The lowest BCUT2D eigenvalue weighted by molar-refractivity contribution is -0.146. The summed E-state index contributed by atoms with van der Waals surface area (Å²) in [5.74, 6) is 0. The molecule has 2 nitrogen and oxygen atoms in total. The van der Waals surface area contributed by atoms with Crippen molar-refractivity contribution in [2.45, 2.75) is 19.2 Å². The smallest absolute Gasteiger partial charge is 0.391 e. The molecule has 0 bridgehead atoms. The van der Waals surface area contributed by atoms with E-state index in [2.05, 4.69) is 15.9 Å². The molecule has 1 aromatic carbocycles. The van der Waals surface area contributed by atoms with E-state index in [1.54, 1.807) is 18.2 Å². The number of rotatable bonds is 4. The summed E-state index contributed by atoms with van der Waals surface area (Å²) in [5.41, 5.74) is 6.83.